The number of benzene rings is 3. The van der Waals surface area contributed by atoms with Gasteiger partial charge in [-0.25, -0.2) is 4.98 Å². The zero-order valence-electron chi connectivity index (χ0n) is 16.0. The van der Waals surface area contributed by atoms with Gasteiger partial charge in [0.15, 0.2) is 0 Å². The van der Waals surface area contributed by atoms with Crippen molar-refractivity contribution in [1.29, 1.82) is 0 Å². The molecular formula is C24H23N3O. The van der Waals surface area contributed by atoms with Crippen LogP contribution in [-0.2, 0) is 17.8 Å². The van der Waals surface area contributed by atoms with Crippen LogP contribution in [0.4, 0.5) is 5.69 Å². The van der Waals surface area contributed by atoms with Crippen LogP contribution in [-0.4, -0.2) is 22.0 Å². The lowest BCUT2D eigenvalue weighted by Crippen LogP contribution is -2.34. The number of likely N-dealkylation sites (N-methyl/N-ethyl adjacent to an activating group) is 1. The molecule has 1 amide bonds. The van der Waals surface area contributed by atoms with Crippen molar-refractivity contribution in [1.82, 2.24) is 9.55 Å². The number of imidazole rings is 1. The fourth-order valence-electron chi connectivity index (χ4n) is 3.55. The minimum atomic E-state index is 0.0613. The van der Waals surface area contributed by atoms with Crippen LogP contribution in [0.5, 0.6) is 0 Å². The molecule has 4 rings (SSSR count). The van der Waals surface area contributed by atoms with Crippen molar-refractivity contribution in [3.8, 4) is 0 Å². The molecule has 28 heavy (non-hydrogen) atoms. The van der Waals surface area contributed by atoms with E-state index in [0.29, 0.717) is 13.0 Å². The maximum absolute atomic E-state index is 13.2. The molecule has 0 aliphatic carbocycles. The van der Waals surface area contributed by atoms with Crippen molar-refractivity contribution in [2.45, 2.75) is 19.9 Å². The normalized spacial score (nSPS) is 10.9. The van der Waals surface area contributed by atoms with E-state index < -0.39 is 0 Å². The fraction of sp³-hybridized carbons (Fsp3) is 0.167. The van der Waals surface area contributed by atoms with Gasteiger partial charge in [-0.1, -0.05) is 60.7 Å². The molecule has 0 aliphatic heterocycles. The Kier molecular flexibility index (Phi) is 5.20. The van der Waals surface area contributed by atoms with Crippen molar-refractivity contribution >= 4 is 22.6 Å². The molecule has 0 radical (unpaired) electrons. The van der Waals surface area contributed by atoms with E-state index in [1.807, 2.05) is 84.6 Å². The van der Waals surface area contributed by atoms with E-state index in [9.17, 15) is 4.79 Å². The Morgan fingerprint density at radius 1 is 0.893 bits per heavy atom. The molecule has 0 saturated carbocycles. The highest BCUT2D eigenvalue weighted by molar-refractivity contribution is 5.94. The zero-order chi connectivity index (χ0) is 19.3. The van der Waals surface area contributed by atoms with Gasteiger partial charge >= 0.3 is 0 Å². The summed E-state index contributed by atoms with van der Waals surface area (Å²) in [6.45, 7) is 2.90. The summed E-state index contributed by atoms with van der Waals surface area (Å²) in [5, 5.41) is 0. The van der Waals surface area contributed by atoms with Gasteiger partial charge in [-0.2, -0.15) is 0 Å². The summed E-state index contributed by atoms with van der Waals surface area (Å²) >= 11 is 0. The molecule has 140 valence electrons. The van der Waals surface area contributed by atoms with Gasteiger partial charge in [0.05, 0.1) is 11.0 Å². The van der Waals surface area contributed by atoms with E-state index in [1.165, 1.54) is 5.56 Å². The van der Waals surface area contributed by atoms with Gasteiger partial charge in [-0.05, 0) is 36.8 Å². The van der Waals surface area contributed by atoms with E-state index in [4.69, 9.17) is 4.98 Å². The van der Waals surface area contributed by atoms with Crippen molar-refractivity contribution < 1.29 is 4.79 Å². The molecule has 1 aromatic heterocycles. The number of anilines is 1. The van der Waals surface area contributed by atoms with Crippen molar-refractivity contribution in [3.63, 3.8) is 0 Å². The third kappa shape index (κ3) is 3.67. The van der Waals surface area contributed by atoms with Crippen LogP contribution in [0.1, 0.15) is 18.3 Å². The number of aromatic nitrogens is 2. The number of carbonyl (C=O) groups excluding carboxylic acids is 1. The maximum Gasteiger partial charge on any atom is 0.246 e. The summed E-state index contributed by atoms with van der Waals surface area (Å²) in [7, 11) is 0. The minimum absolute atomic E-state index is 0.0613. The highest BCUT2D eigenvalue weighted by atomic mass is 16.2. The second-order valence-corrected chi connectivity index (χ2v) is 6.74. The standard InChI is InChI=1S/C24H23N3O/c1-2-26(20-13-7-4-8-14-20)24(28)18-27-22-16-10-9-15-21(22)25-23(27)17-19-11-5-3-6-12-19/h3-16H,2,17-18H2,1H3. The topological polar surface area (TPSA) is 38.1 Å². The van der Waals surface area contributed by atoms with E-state index in [0.717, 1.165) is 22.5 Å². The molecule has 3 aromatic carbocycles. The monoisotopic (exact) mass is 369 g/mol. The Balaban J connectivity index is 1.69. The summed E-state index contributed by atoms with van der Waals surface area (Å²) in [5.74, 6) is 0.969. The molecule has 4 heteroatoms. The number of hydrogen-bond acceptors (Lipinski definition) is 2. The molecule has 0 bridgehead atoms. The van der Waals surface area contributed by atoms with Crippen LogP contribution >= 0.6 is 0 Å². The molecular weight excluding hydrogens is 346 g/mol. The number of rotatable bonds is 6. The first kappa shape index (κ1) is 18.0. The largest absolute Gasteiger partial charge is 0.318 e. The Labute approximate surface area is 165 Å². The van der Waals surface area contributed by atoms with Crippen molar-refractivity contribution in [2.24, 2.45) is 0 Å². The van der Waals surface area contributed by atoms with Gasteiger partial charge in [-0.3, -0.25) is 4.79 Å². The minimum Gasteiger partial charge on any atom is -0.318 e. The summed E-state index contributed by atoms with van der Waals surface area (Å²) in [5.41, 5.74) is 4.01. The molecule has 0 saturated heterocycles. The van der Waals surface area contributed by atoms with E-state index in [-0.39, 0.29) is 12.5 Å². The third-order valence-electron chi connectivity index (χ3n) is 4.92. The average molecular weight is 369 g/mol. The van der Waals surface area contributed by atoms with Crippen LogP contribution in [0.25, 0.3) is 11.0 Å². The van der Waals surface area contributed by atoms with Gasteiger partial charge in [-0.15, -0.1) is 0 Å². The number of para-hydroxylation sites is 3. The van der Waals surface area contributed by atoms with Gasteiger partial charge in [0.1, 0.15) is 12.4 Å². The zero-order valence-corrected chi connectivity index (χ0v) is 16.0. The van der Waals surface area contributed by atoms with Crippen molar-refractivity contribution in [3.05, 3.63) is 96.3 Å². The number of fused-ring (bicyclic) bond motifs is 1. The summed E-state index contributed by atoms with van der Waals surface area (Å²) in [6.07, 6.45) is 0.695. The molecule has 1 heterocycles. The molecule has 0 atom stereocenters. The van der Waals surface area contributed by atoms with Crippen molar-refractivity contribution in [2.75, 3.05) is 11.4 Å². The fourth-order valence-corrected chi connectivity index (χ4v) is 3.55. The SMILES string of the molecule is CCN(C(=O)Cn1c(Cc2ccccc2)nc2ccccc21)c1ccccc1. The smallest absolute Gasteiger partial charge is 0.246 e. The average Bonchev–Trinajstić information content (AvgIpc) is 3.07. The molecule has 0 N–H and O–H groups in total. The lowest BCUT2D eigenvalue weighted by atomic mass is 10.1. The molecule has 4 nitrogen and oxygen atoms in total. The summed E-state index contributed by atoms with van der Waals surface area (Å²) in [4.78, 5) is 19.8. The first-order chi connectivity index (χ1) is 13.8. The Morgan fingerprint density at radius 2 is 1.54 bits per heavy atom. The predicted octanol–water partition coefficient (Wildman–Crippen LogP) is 4.68. The van der Waals surface area contributed by atoms with Crippen LogP contribution < -0.4 is 4.90 Å². The molecule has 0 fully saturated rings. The number of hydrogen-bond donors (Lipinski definition) is 0. The van der Waals surface area contributed by atoms with E-state index in [1.54, 1.807) is 0 Å². The summed E-state index contributed by atoms with van der Waals surface area (Å²) in [6, 6.07) is 28.1. The molecule has 0 spiro atoms. The predicted molar refractivity (Wildman–Crippen MR) is 113 cm³/mol. The molecule has 0 aliphatic rings. The van der Waals surface area contributed by atoms with E-state index in [2.05, 4.69) is 16.7 Å². The van der Waals surface area contributed by atoms with Gasteiger partial charge < -0.3 is 9.47 Å². The van der Waals surface area contributed by atoms with Gasteiger partial charge in [0.2, 0.25) is 5.91 Å². The highest BCUT2D eigenvalue weighted by Gasteiger charge is 2.18. The number of amides is 1. The number of nitrogens with zero attached hydrogens (tertiary/aromatic N) is 3. The van der Waals surface area contributed by atoms with Crippen LogP contribution in [0.15, 0.2) is 84.9 Å². The second kappa shape index (κ2) is 8.09. The molecule has 0 unspecified atom stereocenters. The quantitative estimate of drug-likeness (QED) is 0.495. The first-order valence-electron chi connectivity index (χ1n) is 9.59. The second-order valence-electron chi connectivity index (χ2n) is 6.74. The Morgan fingerprint density at radius 3 is 2.25 bits per heavy atom. The van der Waals surface area contributed by atoms with E-state index >= 15 is 0 Å². The molecule has 4 aromatic rings. The Bertz CT molecular complexity index is 1070. The van der Waals surface area contributed by atoms with Crippen LogP contribution in [0.2, 0.25) is 0 Å². The van der Waals surface area contributed by atoms with Crippen LogP contribution in [0, 0.1) is 0 Å². The Hall–Kier alpha value is -3.40. The van der Waals surface area contributed by atoms with Gasteiger partial charge in [0.25, 0.3) is 0 Å². The lowest BCUT2D eigenvalue weighted by molar-refractivity contribution is -0.119. The summed E-state index contributed by atoms with van der Waals surface area (Å²) < 4.78 is 2.05. The lowest BCUT2D eigenvalue weighted by Gasteiger charge is -2.22. The maximum atomic E-state index is 13.2. The van der Waals surface area contributed by atoms with Gasteiger partial charge in [0, 0.05) is 18.7 Å². The third-order valence-corrected chi connectivity index (χ3v) is 4.92. The van der Waals surface area contributed by atoms with Crippen LogP contribution in [0.3, 0.4) is 0 Å². The number of carbonyl (C=O) groups is 1. The first-order valence-corrected chi connectivity index (χ1v) is 9.59. The highest BCUT2D eigenvalue weighted by Crippen LogP contribution is 2.20.